The number of pyridine rings is 1. The molecule has 2 aliphatic rings. The van der Waals surface area contributed by atoms with Crippen molar-refractivity contribution in [1.29, 1.82) is 0 Å². The molecule has 0 saturated carbocycles. The van der Waals surface area contributed by atoms with Crippen LogP contribution in [0.2, 0.25) is 0 Å². The number of hydrogen-bond donors (Lipinski definition) is 1. The summed E-state index contributed by atoms with van der Waals surface area (Å²) in [4.78, 5) is 33.3. The summed E-state index contributed by atoms with van der Waals surface area (Å²) in [6.07, 6.45) is 6.84. The number of piperidine rings is 2. The molecule has 1 N–H and O–H groups in total. The van der Waals surface area contributed by atoms with E-state index in [1.54, 1.807) is 24.5 Å². The molecule has 7 nitrogen and oxygen atoms in total. The highest BCUT2D eigenvalue weighted by molar-refractivity contribution is 5.92. The van der Waals surface area contributed by atoms with Gasteiger partial charge in [0.05, 0.1) is 0 Å². The number of nitrogens with one attached hydrogen (secondary N) is 1. The van der Waals surface area contributed by atoms with Crippen molar-refractivity contribution < 1.29 is 9.59 Å². The molecule has 142 valence electrons. The van der Waals surface area contributed by atoms with Gasteiger partial charge in [0.2, 0.25) is 5.91 Å². The molecule has 2 fully saturated rings. The van der Waals surface area contributed by atoms with E-state index in [4.69, 9.17) is 0 Å². The van der Waals surface area contributed by atoms with E-state index in [0.29, 0.717) is 24.7 Å². The second-order valence-corrected chi connectivity index (χ2v) is 7.39. The van der Waals surface area contributed by atoms with Gasteiger partial charge in [0.1, 0.15) is 5.69 Å². The van der Waals surface area contributed by atoms with Crippen LogP contribution in [-0.4, -0.2) is 63.0 Å². The van der Waals surface area contributed by atoms with E-state index in [2.05, 4.69) is 15.2 Å². The van der Waals surface area contributed by atoms with Gasteiger partial charge in [0, 0.05) is 56.1 Å². The third-order valence-corrected chi connectivity index (χ3v) is 5.78. The molecule has 0 unspecified atom stereocenters. The average molecular weight is 367 g/mol. The van der Waals surface area contributed by atoms with E-state index in [-0.39, 0.29) is 17.7 Å². The molecule has 27 heavy (non-hydrogen) atoms. The van der Waals surface area contributed by atoms with Crippen LogP contribution in [0.3, 0.4) is 0 Å². The number of H-pyrrole nitrogens is 1. The molecule has 7 heteroatoms. The normalized spacial score (nSPS) is 19.3. The number of hydrogen-bond acceptors (Lipinski definition) is 4. The SMILES string of the molecule is O=C(c1ccccn1)N1CCC(C(=O)N2CCC(c3ccn[nH]3)CC2)CC1. The van der Waals surface area contributed by atoms with Gasteiger partial charge in [0.25, 0.3) is 5.91 Å². The van der Waals surface area contributed by atoms with E-state index in [9.17, 15) is 9.59 Å². The third kappa shape index (κ3) is 3.86. The average Bonchev–Trinajstić information content (AvgIpc) is 3.28. The number of nitrogens with zero attached hydrogens (tertiary/aromatic N) is 4. The third-order valence-electron chi connectivity index (χ3n) is 5.78. The summed E-state index contributed by atoms with van der Waals surface area (Å²) in [5.74, 6) is 0.709. The van der Waals surface area contributed by atoms with Crippen molar-refractivity contribution in [3.8, 4) is 0 Å². The predicted molar refractivity (Wildman–Crippen MR) is 100 cm³/mol. The maximum absolute atomic E-state index is 12.9. The molecule has 0 aliphatic carbocycles. The van der Waals surface area contributed by atoms with Gasteiger partial charge in [-0.05, 0) is 43.9 Å². The summed E-state index contributed by atoms with van der Waals surface area (Å²) in [7, 11) is 0. The Morgan fingerprint density at radius 2 is 1.67 bits per heavy atom. The van der Waals surface area contributed by atoms with E-state index in [1.807, 2.05) is 21.9 Å². The van der Waals surface area contributed by atoms with Crippen molar-refractivity contribution in [3.05, 3.63) is 48.0 Å². The maximum Gasteiger partial charge on any atom is 0.272 e. The standard InChI is InChI=1S/C20H25N5O2/c26-19(24-11-5-15(6-12-24)17-4-10-22-23-17)16-7-13-25(14-8-16)20(27)18-3-1-2-9-21-18/h1-4,9-10,15-16H,5-8,11-14H2,(H,22,23). The first-order valence-electron chi connectivity index (χ1n) is 9.71. The molecule has 2 aromatic rings. The van der Waals surface area contributed by atoms with Gasteiger partial charge < -0.3 is 9.80 Å². The molecule has 4 heterocycles. The van der Waals surface area contributed by atoms with Crippen molar-refractivity contribution in [3.63, 3.8) is 0 Å². The van der Waals surface area contributed by atoms with Gasteiger partial charge in [-0.1, -0.05) is 6.07 Å². The first-order valence-corrected chi connectivity index (χ1v) is 9.71. The Bertz CT molecular complexity index is 761. The Hall–Kier alpha value is -2.70. The lowest BCUT2D eigenvalue weighted by Crippen LogP contribution is -2.46. The fourth-order valence-electron chi connectivity index (χ4n) is 4.14. The number of carbonyl (C=O) groups is 2. The van der Waals surface area contributed by atoms with Crippen LogP contribution in [0.15, 0.2) is 36.7 Å². The minimum atomic E-state index is -0.0399. The summed E-state index contributed by atoms with van der Waals surface area (Å²) in [6, 6.07) is 7.39. The Balaban J connectivity index is 1.27. The lowest BCUT2D eigenvalue weighted by atomic mass is 9.90. The van der Waals surface area contributed by atoms with Gasteiger partial charge in [0.15, 0.2) is 0 Å². The highest BCUT2D eigenvalue weighted by Crippen LogP contribution is 2.28. The Kier molecular flexibility index (Phi) is 5.18. The zero-order valence-corrected chi connectivity index (χ0v) is 15.4. The van der Waals surface area contributed by atoms with Gasteiger partial charge in [-0.3, -0.25) is 19.7 Å². The van der Waals surface area contributed by atoms with E-state index < -0.39 is 0 Å². The van der Waals surface area contributed by atoms with Gasteiger partial charge >= 0.3 is 0 Å². The summed E-state index contributed by atoms with van der Waals surface area (Å²) in [5, 5.41) is 7.07. The van der Waals surface area contributed by atoms with E-state index in [0.717, 1.165) is 38.8 Å². The maximum atomic E-state index is 12.9. The summed E-state index contributed by atoms with van der Waals surface area (Å²) in [5.41, 5.74) is 1.64. The molecular formula is C20H25N5O2. The lowest BCUT2D eigenvalue weighted by molar-refractivity contribution is -0.138. The fourth-order valence-corrected chi connectivity index (χ4v) is 4.14. The fraction of sp³-hybridized carbons (Fsp3) is 0.500. The number of carbonyl (C=O) groups excluding carboxylic acids is 2. The minimum absolute atomic E-state index is 0.0292. The highest BCUT2D eigenvalue weighted by atomic mass is 16.2. The van der Waals surface area contributed by atoms with Crippen molar-refractivity contribution in [2.75, 3.05) is 26.2 Å². The van der Waals surface area contributed by atoms with Crippen LogP contribution in [0.4, 0.5) is 0 Å². The molecule has 0 spiro atoms. The molecule has 2 aromatic heterocycles. The van der Waals surface area contributed by atoms with E-state index in [1.165, 1.54) is 5.69 Å². The topological polar surface area (TPSA) is 82.2 Å². The molecule has 0 aromatic carbocycles. The van der Waals surface area contributed by atoms with Gasteiger partial charge in [-0.25, -0.2) is 0 Å². The second kappa shape index (κ2) is 7.90. The molecule has 2 aliphatic heterocycles. The Labute approximate surface area is 158 Å². The quantitative estimate of drug-likeness (QED) is 0.900. The zero-order chi connectivity index (χ0) is 18.6. The second-order valence-electron chi connectivity index (χ2n) is 7.39. The van der Waals surface area contributed by atoms with Crippen LogP contribution in [0, 0.1) is 5.92 Å². The Morgan fingerprint density at radius 1 is 0.926 bits per heavy atom. The number of likely N-dealkylation sites (tertiary alicyclic amines) is 2. The van der Waals surface area contributed by atoms with Crippen LogP contribution < -0.4 is 0 Å². The molecule has 0 bridgehead atoms. The summed E-state index contributed by atoms with van der Waals surface area (Å²) < 4.78 is 0. The van der Waals surface area contributed by atoms with Crippen LogP contribution in [-0.2, 0) is 4.79 Å². The van der Waals surface area contributed by atoms with E-state index >= 15 is 0 Å². The summed E-state index contributed by atoms with van der Waals surface area (Å²) in [6.45, 7) is 2.85. The number of aromatic amines is 1. The number of aromatic nitrogens is 3. The first kappa shape index (κ1) is 17.7. The number of amides is 2. The number of rotatable bonds is 3. The highest BCUT2D eigenvalue weighted by Gasteiger charge is 2.32. The molecule has 0 radical (unpaired) electrons. The van der Waals surface area contributed by atoms with Crippen molar-refractivity contribution >= 4 is 11.8 Å². The lowest BCUT2D eigenvalue weighted by Gasteiger charge is -2.37. The van der Waals surface area contributed by atoms with Gasteiger partial charge in [-0.15, -0.1) is 0 Å². The van der Waals surface area contributed by atoms with Crippen LogP contribution in [0.5, 0.6) is 0 Å². The van der Waals surface area contributed by atoms with Gasteiger partial charge in [-0.2, -0.15) is 5.10 Å². The van der Waals surface area contributed by atoms with Crippen LogP contribution in [0.1, 0.15) is 47.8 Å². The van der Waals surface area contributed by atoms with Crippen LogP contribution >= 0.6 is 0 Å². The minimum Gasteiger partial charge on any atom is -0.342 e. The molecule has 0 atom stereocenters. The Morgan fingerprint density at radius 3 is 2.30 bits per heavy atom. The monoisotopic (exact) mass is 367 g/mol. The van der Waals surface area contributed by atoms with Crippen molar-refractivity contribution in [1.82, 2.24) is 25.0 Å². The smallest absolute Gasteiger partial charge is 0.272 e. The molecule has 2 amide bonds. The molecular weight excluding hydrogens is 342 g/mol. The zero-order valence-electron chi connectivity index (χ0n) is 15.4. The predicted octanol–water partition coefficient (Wildman–Crippen LogP) is 2.06. The van der Waals surface area contributed by atoms with Crippen molar-refractivity contribution in [2.24, 2.45) is 5.92 Å². The van der Waals surface area contributed by atoms with Crippen molar-refractivity contribution in [2.45, 2.75) is 31.6 Å². The molecule has 4 rings (SSSR count). The summed E-state index contributed by atoms with van der Waals surface area (Å²) >= 11 is 0. The first-order chi connectivity index (χ1) is 13.2. The van der Waals surface area contributed by atoms with Crippen LogP contribution in [0.25, 0.3) is 0 Å². The largest absolute Gasteiger partial charge is 0.342 e. The molecule has 2 saturated heterocycles.